The molecule has 4 unspecified atom stereocenters. The lowest BCUT2D eigenvalue weighted by Crippen LogP contribution is -2.58. The van der Waals surface area contributed by atoms with Crippen LogP contribution in [0.3, 0.4) is 0 Å². The smallest absolute Gasteiger partial charge is 0.327 e. The van der Waals surface area contributed by atoms with Gasteiger partial charge in [0.2, 0.25) is 17.7 Å². The first-order valence-electron chi connectivity index (χ1n) is 12.3. The van der Waals surface area contributed by atoms with E-state index in [1.807, 2.05) is 24.3 Å². The van der Waals surface area contributed by atoms with E-state index < -0.39 is 47.9 Å². The third-order valence-electron chi connectivity index (χ3n) is 6.13. The van der Waals surface area contributed by atoms with Crippen LogP contribution in [0.5, 0.6) is 0 Å². The Balaban J connectivity index is 2.29. The molecule has 2 aromatic rings. The van der Waals surface area contributed by atoms with Crippen molar-refractivity contribution >= 4 is 47.2 Å². The molecule has 0 fully saturated rings. The van der Waals surface area contributed by atoms with Gasteiger partial charge in [-0.1, -0.05) is 32.0 Å². The number of aromatic nitrogens is 1. The van der Waals surface area contributed by atoms with Gasteiger partial charge in [0.1, 0.15) is 18.1 Å². The lowest BCUT2D eigenvalue weighted by molar-refractivity contribution is -0.141. The lowest BCUT2D eigenvalue weighted by Gasteiger charge is -2.25. The minimum atomic E-state index is -1.23. The molecule has 204 valence electrons. The first-order chi connectivity index (χ1) is 17.6. The Hall–Kier alpha value is -3.09. The van der Waals surface area contributed by atoms with E-state index in [1.165, 1.54) is 0 Å². The minimum absolute atomic E-state index is 0.114. The van der Waals surface area contributed by atoms with Crippen molar-refractivity contribution < 1.29 is 24.3 Å². The van der Waals surface area contributed by atoms with E-state index in [9.17, 15) is 24.3 Å². The molecule has 0 saturated heterocycles. The van der Waals surface area contributed by atoms with E-state index in [2.05, 4.69) is 33.6 Å². The number of fused-ring (bicyclic) bond motifs is 1. The summed E-state index contributed by atoms with van der Waals surface area (Å²) in [6.45, 7) is 4.01. The van der Waals surface area contributed by atoms with Crippen LogP contribution in [0.4, 0.5) is 0 Å². The standard InChI is InChI=1S/C25H38N6O5S/c1-14(2)21(27)24(34)30-19(11-15-12-28-17-8-4-3-7-16(15)17)23(33)29-18(9-5-6-10-26)22(32)31-20(13-37)25(35)36/h3-4,7-8,12,14,18-21,28,37H,5-6,9-11,13,26-27H2,1-2H3,(H,29,33)(H,30,34)(H,31,32)(H,35,36). The summed E-state index contributed by atoms with van der Waals surface area (Å²) in [5.74, 6) is -3.22. The number of hydrogen-bond acceptors (Lipinski definition) is 7. The fourth-order valence-corrected chi connectivity index (χ4v) is 4.04. The second-order valence-corrected chi connectivity index (χ2v) is 9.69. The average Bonchev–Trinajstić information content (AvgIpc) is 3.28. The van der Waals surface area contributed by atoms with E-state index in [0.717, 1.165) is 16.5 Å². The molecule has 0 radical (unpaired) electrons. The summed E-state index contributed by atoms with van der Waals surface area (Å²) in [7, 11) is 0. The van der Waals surface area contributed by atoms with Crippen molar-refractivity contribution in [2.24, 2.45) is 17.4 Å². The molecule has 0 aliphatic carbocycles. The largest absolute Gasteiger partial charge is 0.480 e. The van der Waals surface area contributed by atoms with Crippen LogP contribution in [0, 0.1) is 5.92 Å². The molecule has 3 amide bonds. The molecule has 1 aromatic carbocycles. The highest BCUT2D eigenvalue weighted by Crippen LogP contribution is 2.19. The van der Waals surface area contributed by atoms with Gasteiger partial charge in [-0.05, 0) is 43.4 Å². The van der Waals surface area contributed by atoms with Gasteiger partial charge in [-0.25, -0.2) is 4.79 Å². The maximum atomic E-state index is 13.5. The fraction of sp³-hybridized carbons (Fsp3) is 0.520. The Kier molecular flexibility index (Phi) is 11.9. The molecule has 2 rings (SSSR count). The number of rotatable bonds is 15. The number of para-hydroxylation sites is 1. The van der Waals surface area contributed by atoms with Gasteiger partial charge in [0, 0.05) is 29.3 Å². The molecule has 0 spiro atoms. The SMILES string of the molecule is CC(C)C(N)C(=O)NC(Cc1c[nH]c2ccccc12)C(=O)NC(CCCCN)C(=O)NC(CS)C(=O)O. The summed E-state index contributed by atoms with van der Waals surface area (Å²) < 4.78 is 0. The Bertz CT molecular complexity index is 1070. The zero-order valence-corrected chi connectivity index (χ0v) is 22.1. The van der Waals surface area contributed by atoms with Crippen LogP contribution in [0.2, 0.25) is 0 Å². The van der Waals surface area contributed by atoms with Gasteiger partial charge in [0.05, 0.1) is 6.04 Å². The van der Waals surface area contributed by atoms with Gasteiger partial charge in [-0.15, -0.1) is 0 Å². The minimum Gasteiger partial charge on any atom is -0.480 e. The summed E-state index contributed by atoms with van der Waals surface area (Å²) in [5.41, 5.74) is 13.3. The molecule has 11 nitrogen and oxygen atoms in total. The van der Waals surface area contributed by atoms with Gasteiger partial charge in [-0.2, -0.15) is 12.6 Å². The third kappa shape index (κ3) is 8.76. The highest BCUT2D eigenvalue weighted by Gasteiger charge is 2.31. The highest BCUT2D eigenvalue weighted by atomic mass is 32.1. The maximum Gasteiger partial charge on any atom is 0.327 e. The Morgan fingerprint density at radius 2 is 1.59 bits per heavy atom. The number of amides is 3. The number of carboxylic acids is 1. The monoisotopic (exact) mass is 534 g/mol. The van der Waals surface area contributed by atoms with Crippen LogP contribution >= 0.6 is 12.6 Å². The van der Waals surface area contributed by atoms with Gasteiger partial charge >= 0.3 is 5.97 Å². The molecule has 9 N–H and O–H groups in total. The summed E-state index contributed by atoms with van der Waals surface area (Å²) in [4.78, 5) is 53.7. The number of unbranched alkanes of at least 4 members (excludes halogenated alkanes) is 1. The number of aromatic amines is 1. The van der Waals surface area contributed by atoms with Crippen molar-refractivity contribution in [1.29, 1.82) is 0 Å². The number of aliphatic carboxylic acids is 1. The predicted octanol–water partition coefficient (Wildman–Crippen LogP) is 0.292. The molecule has 4 atom stereocenters. The number of thiol groups is 1. The molecule has 0 bridgehead atoms. The zero-order valence-electron chi connectivity index (χ0n) is 21.2. The Morgan fingerprint density at radius 3 is 2.22 bits per heavy atom. The second-order valence-electron chi connectivity index (χ2n) is 9.32. The van der Waals surface area contributed by atoms with Crippen molar-refractivity contribution in [1.82, 2.24) is 20.9 Å². The van der Waals surface area contributed by atoms with E-state index in [0.29, 0.717) is 19.4 Å². The maximum absolute atomic E-state index is 13.5. The first-order valence-corrected chi connectivity index (χ1v) is 13.0. The molecule has 0 saturated carbocycles. The average molecular weight is 535 g/mol. The molecule has 12 heteroatoms. The van der Waals surface area contributed by atoms with Crippen LogP contribution in [-0.2, 0) is 25.6 Å². The number of nitrogens with one attached hydrogen (secondary N) is 4. The number of carboxylic acid groups (broad SMARTS) is 1. The highest BCUT2D eigenvalue weighted by molar-refractivity contribution is 7.80. The fourth-order valence-electron chi connectivity index (χ4n) is 3.79. The number of carbonyl (C=O) groups is 4. The zero-order chi connectivity index (χ0) is 27.5. The first kappa shape index (κ1) is 30.1. The summed E-state index contributed by atoms with van der Waals surface area (Å²) in [6, 6.07) is 3.48. The summed E-state index contributed by atoms with van der Waals surface area (Å²) in [5, 5.41) is 18.0. The Labute approximate surface area is 221 Å². The third-order valence-corrected chi connectivity index (χ3v) is 6.50. The van der Waals surface area contributed by atoms with Crippen molar-refractivity contribution in [2.75, 3.05) is 12.3 Å². The van der Waals surface area contributed by atoms with Crippen LogP contribution < -0.4 is 27.4 Å². The second kappa shape index (κ2) is 14.6. The number of hydrogen-bond donors (Lipinski definition) is 8. The van der Waals surface area contributed by atoms with Gasteiger partial charge in [-0.3, -0.25) is 14.4 Å². The molecule has 37 heavy (non-hydrogen) atoms. The number of H-pyrrole nitrogens is 1. The molecule has 0 aliphatic rings. The van der Waals surface area contributed by atoms with Crippen molar-refractivity contribution in [3.8, 4) is 0 Å². The molecular formula is C25H38N6O5S. The van der Waals surface area contributed by atoms with Gasteiger partial charge in [0.15, 0.2) is 0 Å². The van der Waals surface area contributed by atoms with Crippen molar-refractivity contribution in [3.63, 3.8) is 0 Å². The molecular weight excluding hydrogens is 496 g/mol. The van der Waals surface area contributed by atoms with Crippen LogP contribution in [-0.4, -0.2) is 70.2 Å². The van der Waals surface area contributed by atoms with Crippen molar-refractivity contribution in [2.45, 2.75) is 63.7 Å². The van der Waals surface area contributed by atoms with Crippen LogP contribution in [0.15, 0.2) is 30.5 Å². The van der Waals surface area contributed by atoms with E-state index >= 15 is 0 Å². The van der Waals surface area contributed by atoms with E-state index in [-0.39, 0.29) is 24.5 Å². The topological polar surface area (TPSA) is 192 Å². The lowest BCUT2D eigenvalue weighted by atomic mass is 10.0. The van der Waals surface area contributed by atoms with Crippen LogP contribution in [0.1, 0.15) is 38.7 Å². The quantitative estimate of drug-likeness (QED) is 0.119. The summed E-state index contributed by atoms with van der Waals surface area (Å²) >= 11 is 3.98. The van der Waals surface area contributed by atoms with E-state index in [1.54, 1.807) is 20.0 Å². The van der Waals surface area contributed by atoms with Gasteiger partial charge < -0.3 is 37.5 Å². The molecule has 0 aliphatic heterocycles. The normalized spacial score (nSPS) is 14.5. The molecule has 1 aromatic heterocycles. The van der Waals surface area contributed by atoms with Crippen LogP contribution in [0.25, 0.3) is 10.9 Å². The predicted molar refractivity (Wildman–Crippen MR) is 145 cm³/mol. The van der Waals surface area contributed by atoms with E-state index in [4.69, 9.17) is 11.5 Å². The molecule has 1 heterocycles. The van der Waals surface area contributed by atoms with Gasteiger partial charge in [0.25, 0.3) is 0 Å². The number of carbonyl (C=O) groups excluding carboxylic acids is 3. The number of nitrogens with two attached hydrogens (primary N) is 2. The Morgan fingerprint density at radius 1 is 0.973 bits per heavy atom. The van der Waals surface area contributed by atoms with Crippen molar-refractivity contribution in [3.05, 3.63) is 36.0 Å². The number of benzene rings is 1. The summed E-state index contributed by atoms with van der Waals surface area (Å²) in [6.07, 6.45) is 3.32.